The Bertz CT molecular complexity index is 265. The number of methoxy groups -OCH3 is 1. The van der Waals surface area contributed by atoms with E-state index >= 15 is 0 Å². The van der Waals surface area contributed by atoms with Crippen molar-refractivity contribution < 1.29 is 14.6 Å². The molecule has 0 spiro atoms. The van der Waals surface area contributed by atoms with Crippen LogP contribution in [0.1, 0.15) is 0 Å². The van der Waals surface area contributed by atoms with Crippen molar-refractivity contribution in [3.8, 4) is 5.75 Å². The molecule has 0 saturated carbocycles. The number of aliphatic hydroxyl groups excluding tert-OH is 1. The highest BCUT2D eigenvalue weighted by molar-refractivity contribution is 6.29. The number of ether oxygens (including phenoxy) is 2. The van der Waals surface area contributed by atoms with E-state index in [-0.39, 0.29) is 13.2 Å². The molecule has 0 radical (unpaired) electrons. The first-order valence-electron chi connectivity index (χ1n) is 4.13. The van der Waals surface area contributed by atoms with Gasteiger partial charge in [-0.1, -0.05) is 11.6 Å². The Morgan fingerprint density at radius 1 is 1.50 bits per heavy atom. The molecule has 1 atom stereocenters. The third-order valence-corrected chi connectivity index (χ3v) is 1.73. The Kier molecular flexibility index (Phi) is 4.65. The van der Waals surface area contributed by atoms with Crippen LogP contribution in [0.2, 0.25) is 5.15 Å². The molecule has 0 aromatic carbocycles. The van der Waals surface area contributed by atoms with Gasteiger partial charge in [0.1, 0.15) is 23.6 Å². The van der Waals surface area contributed by atoms with E-state index in [9.17, 15) is 5.11 Å². The zero-order valence-electron chi connectivity index (χ0n) is 7.81. The molecule has 0 amide bonds. The topological polar surface area (TPSA) is 51.6 Å². The van der Waals surface area contributed by atoms with Crippen molar-refractivity contribution in [1.29, 1.82) is 0 Å². The Balaban J connectivity index is 2.34. The maximum atomic E-state index is 9.27. The highest BCUT2D eigenvalue weighted by Gasteiger charge is 2.04. The molecule has 14 heavy (non-hydrogen) atoms. The van der Waals surface area contributed by atoms with Crippen molar-refractivity contribution in [3.63, 3.8) is 0 Å². The number of rotatable bonds is 5. The molecule has 0 aliphatic heterocycles. The highest BCUT2D eigenvalue weighted by Crippen LogP contribution is 2.12. The fourth-order valence-electron chi connectivity index (χ4n) is 0.881. The van der Waals surface area contributed by atoms with Gasteiger partial charge >= 0.3 is 0 Å². The van der Waals surface area contributed by atoms with Crippen LogP contribution in [-0.4, -0.2) is 36.5 Å². The summed E-state index contributed by atoms with van der Waals surface area (Å²) >= 11 is 5.59. The van der Waals surface area contributed by atoms with Gasteiger partial charge in [-0.3, -0.25) is 0 Å². The molecule has 0 bridgehead atoms. The molecule has 1 aromatic heterocycles. The number of hydrogen-bond acceptors (Lipinski definition) is 4. The molecule has 1 N–H and O–H groups in total. The Morgan fingerprint density at radius 2 is 2.29 bits per heavy atom. The predicted molar refractivity (Wildman–Crippen MR) is 52.6 cm³/mol. The first-order chi connectivity index (χ1) is 6.72. The summed E-state index contributed by atoms with van der Waals surface area (Å²) in [7, 11) is 1.52. The number of halogens is 1. The fraction of sp³-hybridized carbons (Fsp3) is 0.444. The Labute approximate surface area is 87.4 Å². The molecule has 0 aliphatic carbocycles. The summed E-state index contributed by atoms with van der Waals surface area (Å²) in [6.45, 7) is 0.429. The molecule has 1 heterocycles. The van der Waals surface area contributed by atoms with Crippen LogP contribution in [0.4, 0.5) is 0 Å². The second-order valence-electron chi connectivity index (χ2n) is 2.74. The average Bonchev–Trinajstić information content (AvgIpc) is 2.17. The predicted octanol–water partition coefficient (Wildman–Crippen LogP) is 1.12. The van der Waals surface area contributed by atoms with E-state index in [0.29, 0.717) is 10.9 Å². The summed E-state index contributed by atoms with van der Waals surface area (Å²) in [6, 6.07) is 3.31. The SMILES string of the molecule is COC[C@H](O)COc1ccc(Cl)nc1. The van der Waals surface area contributed by atoms with Crippen LogP contribution >= 0.6 is 11.6 Å². The number of hydrogen-bond donors (Lipinski definition) is 1. The standard InChI is InChI=1S/C9H12ClNO3/c1-13-5-7(12)6-14-8-2-3-9(10)11-4-8/h2-4,7,12H,5-6H2,1H3/t7-/m0/s1. The van der Waals surface area contributed by atoms with Crippen LogP contribution < -0.4 is 4.74 Å². The van der Waals surface area contributed by atoms with Crippen molar-refractivity contribution in [2.45, 2.75) is 6.10 Å². The molecule has 1 rings (SSSR count). The van der Waals surface area contributed by atoms with Gasteiger partial charge in [-0.05, 0) is 12.1 Å². The summed E-state index contributed by atoms with van der Waals surface area (Å²) < 4.78 is 9.97. The molecular formula is C9H12ClNO3. The lowest BCUT2D eigenvalue weighted by Crippen LogP contribution is -2.22. The lowest BCUT2D eigenvalue weighted by atomic mass is 10.4. The second kappa shape index (κ2) is 5.80. The van der Waals surface area contributed by atoms with E-state index in [4.69, 9.17) is 21.1 Å². The van der Waals surface area contributed by atoms with E-state index in [2.05, 4.69) is 4.98 Å². The summed E-state index contributed by atoms with van der Waals surface area (Å²) in [4.78, 5) is 3.83. The van der Waals surface area contributed by atoms with Crippen molar-refractivity contribution in [3.05, 3.63) is 23.5 Å². The van der Waals surface area contributed by atoms with Crippen LogP contribution in [0.25, 0.3) is 0 Å². The van der Waals surface area contributed by atoms with Gasteiger partial charge in [0, 0.05) is 7.11 Å². The molecule has 78 valence electrons. The number of aliphatic hydroxyl groups is 1. The number of pyridine rings is 1. The van der Waals surface area contributed by atoms with Crippen LogP contribution in [-0.2, 0) is 4.74 Å². The first kappa shape index (κ1) is 11.2. The van der Waals surface area contributed by atoms with Crippen LogP contribution in [0.15, 0.2) is 18.3 Å². The maximum absolute atomic E-state index is 9.27. The minimum absolute atomic E-state index is 0.178. The van der Waals surface area contributed by atoms with Crippen molar-refractivity contribution >= 4 is 11.6 Å². The summed E-state index contributed by atoms with van der Waals surface area (Å²) in [5.41, 5.74) is 0. The van der Waals surface area contributed by atoms with E-state index in [1.807, 2.05) is 0 Å². The van der Waals surface area contributed by atoms with Gasteiger partial charge in [0.15, 0.2) is 0 Å². The smallest absolute Gasteiger partial charge is 0.137 e. The summed E-state index contributed by atoms with van der Waals surface area (Å²) in [5.74, 6) is 0.574. The normalized spacial score (nSPS) is 12.5. The fourth-order valence-corrected chi connectivity index (χ4v) is 0.992. The van der Waals surface area contributed by atoms with E-state index in [1.165, 1.54) is 13.3 Å². The lowest BCUT2D eigenvalue weighted by Gasteiger charge is -2.10. The zero-order valence-corrected chi connectivity index (χ0v) is 8.57. The molecule has 1 aromatic rings. The largest absolute Gasteiger partial charge is 0.489 e. The molecular weight excluding hydrogens is 206 g/mol. The van der Waals surface area contributed by atoms with Crippen molar-refractivity contribution in [1.82, 2.24) is 4.98 Å². The lowest BCUT2D eigenvalue weighted by molar-refractivity contribution is 0.0324. The second-order valence-corrected chi connectivity index (χ2v) is 3.12. The minimum atomic E-state index is -0.629. The van der Waals surface area contributed by atoms with Crippen molar-refractivity contribution in [2.24, 2.45) is 0 Å². The monoisotopic (exact) mass is 217 g/mol. The number of aromatic nitrogens is 1. The summed E-state index contributed by atoms with van der Waals surface area (Å²) in [5, 5.41) is 9.68. The van der Waals surface area contributed by atoms with Gasteiger partial charge < -0.3 is 14.6 Å². The highest BCUT2D eigenvalue weighted by atomic mass is 35.5. The third kappa shape index (κ3) is 3.91. The summed E-state index contributed by atoms with van der Waals surface area (Å²) in [6.07, 6.45) is 0.873. The quantitative estimate of drug-likeness (QED) is 0.751. The third-order valence-electron chi connectivity index (χ3n) is 1.50. The molecule has 0 fully saturated rings. The van der Waals surface area contributed by atoms with E-state index in [0.717, 1.165) is 0 Å². The molecule has 0 unspecified atom stereocenters. The molecule has 0 aliphatic rings. The van der Waals surface area contributed by atoms with Gasteiger partial charge in [-0.15, -0.1) is 0 Å². The number of nitrogens with zero attached hydrogens (tertiary/aromatic N) is 1. The average molecular weight is 218 g/mol. The first-order valence-corrected chi connectivity index (χ1v) is 4.51. The van der Waals surface area contributed by atoms with Gasteiger partial charge in [0.2, 0.25) is 0 Å². The molecule has 0 saturated heterocycles. The zero-order chi connectivity index (χ0) is 10.4. The van der Waals surface area contributed by atoms with E-state index in [1.54, 1.807) is 12.1 Å². The van der Waals surface area contributed by atoms with Crippen LogP contribution in [0.3, 0.4) is 0 Å². The van der Waals surface area contributed by atoms with Gasteiger partial charge in [-0.2, -0.15) is 0 Å². The van der Waals surface area contributed by atoms with Crippen molar-refractivity contribution in [2.75, 3.05) is 20.3 Å². The van der Waals surface area contributed by atoms with Crippen LogP contribution in [0.5, 0.6) is 5.75 Å². The minimum Gasteiger partial charge on any atom is -0.489 e. The van der Waals surface area contributed by atoms with Crippen LogP contribution in [0, 0.1) is 0 Å². The van der Waals surface area contributed by atoms with E-state index < -0.39 is 6.10 Å². The molecule has 4 nitrogen and oxygen atoms in total. The Hall–Kier alpha value is -0.840. The van der Waals surface area contributed by atoms with Gasteiger partial charge in [0.05, 0.1) is 12.8 Å². The Morgan fingerprint density at radius 3 is 2.86 bits per heavy atom. The van der Waals surface area contributed by atoms with Gasteiger partial charge in [-0.25, -0.2) is 4.98 Å². The van der Waals surface area contributed by atoms with Gasteiger partial charge in [0.25, 0.3) is 0 Å². The maximum Gasteiger partial charge on any atom is 0.137 e. The molecule has 5 heteroatoms.